The molecule has 9 rings (SSSR count). The summed E-state index contributed by atoms with van der Waals surface area (Å²) in [6.07, 6.45) is 26.5. The first kappa shape index (κ1) is 47.5. The zero-order valence-electron chi connectivity index (χ0n) is 35.2. The van der Waals surface area contributed by atoms with Gasteiger partial charge in [-0.05, 0) is 203 Å². The van der Waals surface area contributed by atoms with E-state index in [9.17, 15) is 4.79 Å². The Morgan fingerprint density at radius 3 is 1.44 bits per heavy atom. The van der Waals surface area contributed by atoms with Crippen molar-refractivity contribution in [1.29, 1.82) is 0 Å². The standard InChI is InChI=1S/C24H40S2.C22H36O.I3.I2/c1-16-9-11-22(2)17(15-16)5-6-18-19-7-8-21(24(4)25-13-14-26-24)23(19,3)12-10-20(18)22;1-14-9-11-21(3)16(13-14)5-6-17-19-8-7-18(15(2)23)22(19,4)12-10-20(17)21;1-3-2;1-2/h16-21H,5-15H2,1-4H3;14,16-20H,5-13H2,1-4H3;;/q;;-1;/t16-,17+,18?,19?,20?,21+,22+,23+;14-,16+,17?,18-,19?,20?,21+,22-;;/m11../s1. The van der Waals surface area contributed by atoms with E-state index >= 15 is 0 Å². The van der Waals surface area contributed by atoms with E-state index in [1.807, 2.05) is 6.92 Å². The fourth-order valence-corrected chi connectivity index (χ4v) is 20.7. The SMILES string of the molecule is CC(=O)[C@H]1CCC2C3CC[C@H]4C[C@H](C)CC[C@]4(C)C3CC[C@@]21C.C[C@@H]1CC[C@]2(C)C3CC[C@@]4(C)C(CC[C@@H]4C4(C)SCCS4)C3CC[C@H]2C1.II.I[I-]I. The summed E-state index contributed by atoms with van der Waals surface area (Å²) in [5, 5.41) is 0. The van der Waals surface area contributed by atoms with Gasteiger partial charge < -0.3 is 0 Å². The molecule has 9 fully saturated rings. The van der Waals surface area contributed by atoms with Gasteiger partial charge in [0.2, 0.25) is 0 Å². The van der Waals surface area contributed by atoms with Crippen molar-refractivity contribution in [2.24, 2.45) is 92.7 Å². The molecule has 54 heavy (non-hydrogen) atoms. The van der Waals surface area contributed by atoms with Gasteiger partial charge >= 0.3 is 50.5 Å². The van der Waals surface area contributed by atoms with Gasteiger partial charge in [0.25, 0.3) is 0 Å². The number of hydrogen-bond donors (Lipinski definition) is 0. The Hall–Kier alpha value is 4.02. The van der Waals surface area contributed by atoms with E-state index < -0.39 is 0 Å². The first-order valence-electron chi connectivity index (χ1n) is 22.4. The summed E-state index contributed by atoms with van der Waals surface area (Å²) in [5.41, 5.74) is 2.28. The average Bonchev–Trinajstić information content (AvgIpc) is 3.85. The molecule has 8 heteroatoms. The predicted octanol–water partition coefficient (Wildman–Crippen LogP) is 13.9. The number of carbonyl (C=O) groups excluding carboxylic acids is 1. The zero-order chi connectivity index (χ0) is 39.3. The maximum atomic E-state index is 12.2. The molecule has 8 aliphatic carbocycles. The second-order valence-electron chi connectivity index (χ2n) is 21.8. The monoisotopic (exact) mass is 1340 g/mol. The van der Waals surface area contributed by atoms with Crippen molar-refractivity contribution < 1.29 is 18.0 Å². The normalized spacial score (nSPS) is 51.1. The van der Waals surface area contributed by atoms with Gasteiger partial charge in [0, 0.05) is 54.7 Å². The summed E-state index contributed by atoms with van der Waals surface area (Å²) in [6, 6.07) is 0. The van der Waals surface area contributed by atoms with Gasteiger partial charge in [0.1, 0.15) is 5.78 Å². The second kappa shape index (κ2) is 19.4. The van der Waals surface area contributed by atoms with Gasteiger partial charge in [0.05, 0.1) is 4.08 Å². The number of rotatable bonds is 2. The Balaban J connectivity index is 0.000000166. The fraction of sp³-hybridized carbons (Fsp3) is 0.978. The molecule has 1 saturated heterocycles. The minimum absolute atomic E-state index is 0.332. The molecule has 314 valence electrons. The molecule has 9 aliphatic rings. The van der Waals surface area contributed by atoms with E-state index in [1.54, 1.807) is 25.7 Å². The molecule has 0 aromatic rings. The van der Waals surface area contributed by atoms with Gasteiger partial charge in [-0.15, -0.1) is 23.5 Å². The van der Waals surface area contributed by atoms with E-state index in [0.29, 0.717) is 50.7 Å². The van der Waals surface area contributed by atoms with Crippen LogP contribution in [0.25, 0.3) is 0 Å². The van der Waals surface area contributed by atoms with Crippen molar-refractivity contribution in [3.05, 3.63) is 0 Å². The topological polar surface area (TPSA) is 17.1 Å². The van der Waals surface area contributed by atoms with Crippen molar-refractivity contribution >= 4 is 104 Å². The number of hydrogen-bond acceptors (Lipinski definition) is 3. The van der Waals surface area contributed by atoms with Crippen LogP contribution in [-0.4, -0.2) is 21.4 Å². The van der Waals surface area contributed by atoms with Crippen molar-refractivity contribution in [2.75, 3.05) is 11.5 Å². The van der Waals surface area contributed by atoms with Crippen LogP contribution in [0.4, 0.5) is 0 Å². The van der Waals surface area contributed by atoms with Gasteiger partial charge in [-0.1, -0.05) is 54.4 Å². The molecule has 0 aromatic carbocycles. The second-order valence-corrected chi connectivity index (χ2v) is 41.4. The van der Waals surface area contributed by atoms with Crippen LogP contribution >= 0.6 is 98.0 Å². The van der Waals surface area contributed by atoms with Gasteiger partial charge in [-0.3, -0.25) is 4.79 Å². The summed E-state index contributed by atoms with van der Waals surface area (Å²) in [6.45, 7) is 20.1. The third kappa shape index (κ3) is 8.77. The third-order valence-electron chi connectivity index (χ3n) is 19.8. The number of halogens is 5. The molecule has 0 amide bonds. The van der Waals surface area contributed by atoms with Crippen molar-refractivity contribution in [3.8, 4) is 0 Å². The molecule has 1 aliphatic heterocycles. The Bertz CT molecular complexity index is 1280. The van der Waals surface area contributed by atoms with Crippen LogP contribution in [0.5, 0.6) is 0 Å². The first-order valence-corrected chi connectivity index (χ1v) is 43.3. The molecule has 6 unspecified atom stereocenters. The van der Waals surface area contributed by atoms with Gasteiger partial charge in [-0.2, -0.15) is 0 Å². The van der Waals surface area contributed by atoms with Gasteiger partial charge in [0.15, 0.2) is 0 Å². The summed E-state index contributed by atoms with van der Waals surface area (Å²) in [5.74, 6) is 14.5. The summed E-state index contributed by atoms with van der Waals surface area (Å²) >= 11 is 14.2. The Labute approximate surface area is 395 Å². The van der Waals surface area contributed by atoms with Crippen molar-refractivity contribution in [3.63, 3.8) is 0 Å². The molecule has 0 spiro atoms. The van der Waals surface area contributed by atoms with Crippen LogP contribution in [0.3, 0.4) is 0 Å². The molecule has 16 atom stereocenters. The van der Waals surface area contributed by atoms with Gasteiger partial charge in [-0.25, -0.2) is 0 Å². The van der Waals surface area contributed by atoms with Crippen molar-refractivity contribution in [1.82, 2.24) is 0 Å². The van der Waals surface area contributed by atoms with E-state index in [2.05, 4.69) is 146 Å². The van der Waals surface area contributed by atoms with Crippen LogP contribution in [0, 0.1) is 92.7 Å². The number of ketones is 1. The van der Waals surface area contributed by atoms with Crippen molar-refractivity contribution in [2.45, 2.75) is 175 Å². The maximum absolute atomic E-state index is 12.2. The summed E-state index contributed by atoms with van der Waals surface area (Å²) in [7, 11) is 0. The Morgan fingerprint density at radius 2 is 0.963 bits per heavy atom. The Kier molecular flexibility index (Phi) is 17.1. The molecule has 0 N–H and O–H groups in total. The van der Waals surface area contributed by atoms with Crippen LogP contribution in [0.2, 0.25) is 0 Å². The zero-order valence-corrected chi connectivity index (χ0v) is 47.6. The molecule has 0 radical (unpaired) electrons. The van der Waals surface area contributed by atoms with Crippen LogP contribution in [0.1, 0.15) is 171 Å². The predicted molar refractivity (Wildman–Crippen MR) is 269 cm³/mol. The average molecular weight is 1340 g/mol. The van der Waals surface area contributed by atoms with E-state index in [0.717, 1.165) is 65.1 Å². The minimum atomic E-state index is 0.332. The number of thioether (sulfide) groups is 2. The molecular weight excluding hydrogens is 1270 g/mol. The molecule has 0 aromatic heterocycles. The third-order valence-corrected chi connectivity index (χ3v) is 23.3. The molecule has 1 heterocycles. The van der Waals surface area contributed by atoms with Crippen LogP contribution in [-0.2, 0) is 4.79 Å². The van der Waals surface area contributed by atoms with Crippen LogP contribution in [0.15, 0.2) is 0 Å². The van der Waals surface area contributed by atoms with E-state index in [1.165, 1.54) is 101 Å². The molecule has 1 nitrogen and oxygen atoms in total. The summed E-state index contributed by atoms with van der Waals surface area (Å²) < 4.78 is 0.526. The fourth-order valence-electron chi connectivity index (χ4n) is 17.2. The summed E-state index contributed by atoms with van der Waals surface area (Å²) in [4.78, 5) is 12.2. The molecule has 0 bridgehead atoms. The number of fused-ring (bicyclic) bond motifs is 10. The number of Topliss-reactive ketones (excluding diaryl/α,β-unsaturated/α-hetero) is 1. The van der Waals surface area contributed by atoms with E-state index in [4.69, 9.17) is 0 Å². The molecular formula is C46H76I5OS2-. The Morgan fingerprint density at radius 1 is 0.556 bits per heavy atom. The molecule has 8 saturated carbocycles. The number of carbonyl (C=O) groups is 1. The van der Waals surface area contributed by atoms with Crippen LogP contribution < -0.4 is 13.3 Å². The van der Waals surface area contributed by atoms with E-state index in [-0.39, 0.29) is 0 Å². The quantitative estimate of drug-likeness (QED) is 0.257. The first-order chi connectivity index (χ1) is 25.6.